The summed E-state index contributed by atoms with van der Waals surface area (Å²) in [6.07, 6.45) is 4.82. The van der Waals surface area contributed by atoms with Crippen LogP contribution in [0.25, 0.3) is 0 Å². The van der Waals surface area contributed by atoms with Crippen molar-refractivity contribution in [3.05, 3.63) is 29.3 Å². The number of benzene rings is 1. The quantitative estimate of drug-likeness (QED) is 0.907. The number of rotatable bonds is 3. The summed E-state index contributed by atoms with van der Waals surface area (Å²) in [6.45, 7) is 2.72. The Morgan fingerprint density at radius 3 is 3.05 bits per heavy atom. The van der Waals surface area contributed by atoms with Crippen molar-refractivity contribution < 1.29 is 14.6 Å². The second kappa shape index (κ2) is 5.21. The van der Waals surface area contributed by atoms with Crippen molar-refractivity contribution in [1.82, 2.24) is 0 Å². The highest BCUT2D eigenvalue weighted by Crippen LogP contribution is 2.30. The fraction of sp³-hybridized carbons (Fsp3) is 0.533. The van der Waals surface area contributed by atoms with E-state index in [1.807, 2.05) is 6.07 Å². The highest BCUT2D eigenvalue weighted by molar-refractivity contribution is 5.89. The molecule has 4 nitrogen and oxygen atoms in total. The van der Waals surface area contributed by atoms with E-state index in [0.29, 0.717) is 11.7 Å². The Morgan fingerprint density at radius 2 is 2.32 bits per heavy atom. The van der Waals surface area contributed by atoms with E-state index in [4.69, 9.17) is 9.84 Å². The minimum atomic E-state index is -0.858. The van der Waals surface area contributed by atoms with Crippen LogP contribution in [-0.2, 0) is 11.2 Å². The average molecular weight is 261 g/mol. The molecule has 1 atom stereocenters. The van der Waals surface area contributed by atoms with Crippen molar-refractivity contribution >= 4 is 11.7 Å². The molecule has 0 aromatic heterocycles. The van der Waals surface area contributed by atoms with E-state index in [1.165, 1.54) is 12.0 Å². The van der Waals surface area contributed by atoms with Gasteiger partial charge in [-0.05, 0) is 43.4 Å². The fourth-order valence-electron chi connectivity index (χ4n) is 2.97. The first-order valence-corrected chi connectivity index (χ1v) is 6.97. The number of carboxylic acid groups (broad SMARTS) is 1. The second-order valence-corrected chi connectivity index (χ2v) is 5.33. The monoisotopic (exact) mass is 261 g/mol. The van der Waals surface area contributed by atoms with E-state index in [1.54, 1.807) is 12.1 Å². The van der Waals surface area contributed by atoms with Crippen molar-refractivity contribution in [1.29, 1.82) is 0 Å². The average Bonchev–Trinajstić information content (AvgIpc) is 2.82. The van der Waals surface area contributed by atoms with Gasteiger partial charge in [-0.2, -0.15) is 0 Å². The molecular weight excluding hydrogens is 242 g/mol. The van der Waals surface area contributed by atoms with Crippen LogP contribution in [0.2, 0.25) is 0 Å². The fourth-order valence-corrected chi connectivity index (χ4v) is 2.97. The van der Waals surface area contributed by atoms with Crippen molar-refractivity contribution in [3.8, 4) is 0 Å². The Balaban J connectivity index is 1.76. The van der Waals surface area contributed by atoms with Crippen molar-refractivity contribution in [2.75, 3.05) is 24.6 Å². The molecule has 0 amide bonds. The molecule has 0 aliphatic carbocycles. The minimum absolute atomic E-state index is 0.299. The summed E-state index contributed by atoms with van der Waals surface area (Å²) in [6, 6.07) is 5.44. The molecule has 1 unspecified atom stereocenters. The van der Waals surface area contributed by atoms with Gasteiger partial charge in [-0.1, -0.05) is 6.07 Å². The van der Waals surface area contributed by atoms with Gasteiger partial charge in [0.05, 0.1) is 11.7 Å². The lowest BCUT2D eigenvalue weighted by molar-refractivity contribution is 0.0212. The summed E-state index contributed by atoms with van der Waals surface area (Å²) in [5.74, 6) is -0.858. The summed E-state index contributed by atoms with van der Waals surface area (Å²) in [4.78, 5) is 13.3. The SMILES string of the molecule is O=C(O)c1ccc2c(c1)N(CC1CCCCO1)CC2. The number of hydrogen-bond donors (Lipinski definition) is 1. The summed E-state index contributed by atoms with van der Waals surface area (Å²) < 4.78 is 5.77. The topological polar surface area (TPSA) is 49.8 Å². The Hall–Kier alpha value is -1.55. The lowest BCUT2D eigenvalue weighted by Gasteiger charge is -2.29. The number of hydrogen-bond acceptors (Lipinski definition) is 3. The molecule has 0 radical (unpaired) electrons. The molecule has 1 saturated heterocycles. The van der Waals surface area contributed by atoms with Crippen molar-refractivity contribution in [3.63, 3.8) is 0 Å². The number of nitrogens with zero attached hydrogens (tertiary/aromatic N) is 1. The lowest BCUT2D eigenvalue weighted by Crippen LogP contribution is -2.34. The molecule has 2 heterocycles. The zero-order chi connectivity index (χ0) is 13.2. The van der Waals surface area contributed by atoms with E-state index in [2.05, 4.69) is 4.90 Å². The Morgan fingerprint density at radius 1 is 1.42 bits per heavy atom. The summed E-state index contributed by atoms with van der Waals surface area (Å²) in [7, 11) is 0. The standard InChI is InChI=1S/C15H19NO3/c17-15(18)12-5-4-11-6-7-16(14(11)9-12)10-13-3-1-2-8-19-13/h4-5,9,13H,1-3,6-8,10H2,(H,17,18). The molecule has 19 heavy (non-hydrogen) atoms. The van der Waals surface area contributed by atoms with Gasteiger partial charge in [-0.25, -0.2) is 4.79 Å². The molecule has 1 N–H and O–H groups in total. The number of ether oxygens (including phenoxy) is 1. The van der Waals surface area contributed by atoms with E-state index >= 15 is 0 Å². The van der Waals surface area contributed by atoms with Gasteiger partial charge in [-0.15, -0.1) is 0 Å². The van der Waals surface area contributed by atoms with Gasteiger partial charge >= 0.3 is 5.97 Å². The Labute approximate surface area is 113 Å². The molecule has 1 fully saturated rings. The number of carboxylic acids is 1. The Bertz CT molecular complexity index is 480. The van der Waals surface area contributed by atoms with Crippen LogP contribution >= 0.6 is 0 Å². The summed E-state index contributed by atoms with van der Waals surface area (Å²) >= 11 is 0. The summed E-state index contributed by atoms with van der Waals surface area (Å²) in [5.41, 5.74) is 2.70. The van der Waals surface area contributed by atoms with Gasteiger partial charge in [-0.3, -0.25) is 0 Å². The summed E-state index contributed by atoms with van der Waals surface area (Å²) in [5, 5.41) is 9.08. The first-order chi connectivity index (χ1) is 9.24. The molecule has 2 aliphatic heterocycles. The van der Waals surface area contributed by atoms with Crippen LogP contribution < -0.4 is 4.90 Å². The van der Waals surface area contributed by atoms with Gasteiger partial charge in [0.15, 0.2) is 0 Å². The number of fused-ring (bicyclic) bond motifs is 1. The molecular formula is C15H19NO3. The van der Waals surface area contributed by atoms with E-state index < -0.39 is 5.97 Å². The number of carbonyl (C=O) groups is 1. The van der Waals surface area contributed by atoms with E-state index in [-0.39, 0.29) is 0 Å². The van der Waals surface area contributed by atoms with Crippen LogP contribution in [0.15, 0.2) is 18.2 Å². The van der Waals surface area contributed by atoms with Crippen LogP contribution in [0.5, 0.6) is 0 Å². The maximum absolute atomic E-state index is 11.1. The molecule has 0 saturated carbocycles. The van der Waals surface area contributed by atoms with Crippen LogP contribution in [0.1, 0.15) is 35.2 Å². The minimum Gasteiger partial charge on any atom is -0.478 e. The van der Waals surface area contributed by atoms with Crippen LogP contribution in [0.4, 0.5) is 5.69 Å². The molecule has 2 aliphatic rings. The van der Waals surface area contributed by atoms with E-state index in [9.17, 15) is 4.79 Å². The highest BCUT2D eigenvalue weighted by Gasteiger charge is 2.24. The zero-order valence-electron chi connectivity index (χ0n) is 11.0. The maximum atomic E-state index is 11.1. The predicted octanol–water partition coefficient (Wildman–Crippen LogP) is 2.32. The molecule has 0 spiro atoms. The molecule has 102 valence electrons. The molecule has 1 aromatic rings. The maximum Gasteiger partial charge on any atom is 0.335 e. The highest BCUT2D eigenvalue weighted by atomic mass is 16.5. The van der Waals surface area contributed by atoms with Gasteiger partial charge in [0.25, 0.3) is 0 Å². The Kier molecular flexibility index (Phi) is 3.42. The third-order valence-corrected chi connectivity index (χ3v) is 4.02. The van der Waals surface area contributed by atoms with Crippen LogP contribution in [0, 0.1) is 0 Å². The lowest BCUT2D eigenvalue weighted by atomic mass is 10.1. The molecule has 0 bridgehead atoms. The third kappa shape index (κ3) is 2.59. The van der Waals surface area contributed by atoms with Gasteiger partial charge in [0.1, 0.15) is 0 Å². The normalized spacial score (nSPS) is 22.3. The largest absolute Gasteiger partial charge is 0.478 e. The first-order valence-electron chi connectivity index (χ1n) is 6.97. The van der Waals surface area contributed by atoms with E-state index in [0.717, 1.165) is 44.6 Å². The first kappa shape index (κ1) is 12.5. The van der Waals surface area contributed by atoms with Crippen LogP contribution in [-0.4, -0.2) is 36.9 Å². The zero-order valence-corrected chi connectivity index (χ0v) is 11.0. The predicted molar refractivity (Wildman–Crippen MR) is 72.9 cm³/mol. The van der Waals surface area contributed by atoms with Crippen LogP contribution in [0.3, 0.4) is 0 Å². The number of aromatic carboxylic acids is 1. The smallest absolute Gasteiger partial charge is 0.335 e. The molecule has 3 rings (SSSR count). The second-order valence-electron chi connectivity index (χ2n) is 5.33. The van der Waals surface area contributed by atoms with Crippen molar-refractivity contribution in [2.24, 2.45) is 0 Å². The van der Waals surface area contributed by atoms with Gasteiger partial charge in [0.2, 0.25) is 0 Å². The van der Waals surface area contributed by atoms with Gasteiger partial charge < -0.3 is 14.7 Å². The molecule has 4 heteroatoms. The third-order valence-electron chi connectivity index (χ3n) is 4.02. The van der Waals surface area contributed by atoms with Gasteiger partial charge in [0, 0.05) is 25.4 Å². The number of anilines is 1. The molecule has 1 aromatic carbocycles. The van der Waals surface area contributed by atoms with Crippen molar-refractivity contribution in [2.45, 2.75) is 31.8 Å².